The van der Waals surface area contributed by atoms with Gasteiger partial charge in [-0.05, 0) is 45.0 Å². The van der Waals surface area contributed by atoms with Gasteiger partial charge in [0, 0.05) is 14.1 Å². The second kappa shape index (κ2) is 6.96. The molecule has 1 aliphatic rings. The predicted octanol–water partition coefficient (Wildman–Crippen LogP) is 1.22. The van der Waals surface area contributed by atoms with Gasteiger partial charge in [-0.1, -0.05) is 5.21 Å². The second-order valence-electron chi connectivity index (χ2n) is 6.20. The number of anilines is 2. The molecular formula is C16H23N7O. The van der Waals surface area contributed by atoms with Crippen LogP contribution in [0.2, 0.25) is 0 Å². The molecule has 0 unspecified atom stereocenters. The van der Waals surface area contributed by atoms with Gasteiger partial charge in [-0.2, -0.15) is 0 Å². The molecule has 1 aliphatic heterocycles. The second-order valence-corrected chi connectivity index (χ2v) is 6.20. The molecule has 8 nitrogen and oxygen atoms in total. The van der Waals surface area contributed by atoms with Gasteiger partial charge >= 0.3 is 0 Å². The van der Waals surface area contributed by atoms with Crippen molar-refractivity contribution in [1.29, 1.82) is 0 Å². The lowest BCUT2D eigenvalue weighted by Gasteiger charge is -2.23. The van der Waals surface area contributed by atoms with Crippen LogP contribution in [0.15, 0.2) is 18.3 Å². The van der Waals surface area contributed by atoms with E-state index in [1.807, 2.05) is 36.7 Å². The Morgan fingerprint density at radius 3 is 2.71 bits per heavy atom. The molecule has 0 aromatic carbocycles. The monoisotopic (exact) mass is 329 g/mol. The summed E-state index contributed by atoms with van der Waals surface area (Å²) in [5, 5.41) is 14.4. The fourth-order valence-electron chi connectivity index (χ4n) is 2.85. The van der Waals surface area contributed by atoms with Gasteiger partial charge < -0.3 is 15.5 Å². The Balaban J connectivity index is 1.72. The van der Waals surface area contributed by atoms with E-state index in [-0.39, 0.29) is 5.91 Å². The van der Waals surface area contributed by atoms with Crippen LogP contribution in [0.1, 0.15) is 35.1 Å². The van der Waals surface area contributed by atoms with Crippen LogP contribution in [-0.4, -0.2) is 53.1 Å². The van der Waals surface area contributed by atoms with Gasteiger partial charge in [-0.25, -0.2) is 9.67 Å². The van der Waals surface area contributed by atoms with E-state index in [4.69, 9.17) is 0 Å². The normalized spacial score (nSPS) is 15.3. The van der Waals surface area contributed by atoms with E-state index in [9.17, 15) is 4.79 Å². The van der Waals surface area contributed by atoms with E-state index in [0.717, 1.165) is 37.3 Å². The van der Waals surface area contributed by atoms with Gasteiger partial charge in [0.15, 0.2) is 5.69 Å². The zero-order chi connectivity index (χ0) is 17.1. The van der Waals surface area contributed by atoms with E-state index >= 15 is 0 Å². The molecule has 2 aromatic heterocycles. The summed E-state index contributed by atoms with van der Waals surface area (Å²) in [7, 11) is 3.88. The lowest BCUT2D eigenvalue weighted by molar-refractivity contribution is 0.102. The molecule has 1 saturated heterocycles. The van der Waals surface area contributed by atoms with Crippen molar-refractivity contribution in [1.82, 2.24) is 25.3 Å². The summed E-state index contributed by atoms with van der Waals surface area (Å²) in [5.74, 6) is 0.221. The SMILES string of the molecule is Cc1c(C(=O)Nc2ccc(N(C)C)cn2)nnn1C1CCNCC1. The highest BCUT2D eigenvalue weighted by Crippen LogP contribution is 2.21. The summed E-state index contributed by atoms with van der Waals surface area (Å²) in [6.07, 6.45) is 3.71. The number of carbonyl (C=O) groups excluding carboxylic acids is 1. The molecule has 1 amide bonds. The molecule has 1 fully saturated rings. The molecule has 8 heteroatoms. The minimum atomic E-state index is -0.280. The first-order chi connectivity index (χ1) is 11.6. The Labute approximate surface area is 141 Å². The maximum Gasteiger partial charge on any atom is 0.279 e. The number of hydrogen-bond donors (Lipinski definition) is 2. The summed E-state index contributed by atoms with van der Waals surface area (Å²) in [6.45, 7) is 3.82. The van der Waals surface area contributed by atoms with Gasteiger partial charge in [-0.3, -0.25) is 4.79 Å². The first-order valence-electron chi connectivity index (χ1n) is 8.13. The minimum Gasteiger partial charge on any atom is -0.376 e. The molecule has 2 N–H and O–H groups in total. The van der Waals surface area contributed by atoms with E-state index in [1.165, 1.54) is 0 Å². The molecule has 3 rings (SSSR count). The van der Waals surface area contributed by atoms with Crippen LogP contribution in [-0.2, 0) is 0 Å². The van der Waals surface area contributed by atoms with E-state index in [1.54, 1.807) is 12.3 Å². The van der Waals surface area contributed by atoms with Crippen LogP contribution >= 0.6 is 0 Å². The van der Waals surface area contributed by atoms with Crippen LogP contribution < -0.4 is 15.5 Å². The summed E-state index contributed by atoms with van der Waals surface area (Å²) >= 11 is 0. The highest BCUT2D eigenvalue weighted by atomic mass is 16.2. The summed E-state index contributed by atoms with van der Waals surface area (Å²) in [4.78, 5) is 18.7. The quantitative estimate of drug-likeness (QED) is 0.877. The third-order valence-electron chi connectivity index (χ3n) is 4.30. The van der Waals surface area contributed by atoms with Crippen molar-refractivity contribution in [2.45, 2.75) is 25.8 Å². The minimum absolute atomic E-state index is 0.280. The van der Waals surface area contributed by atoms with E-state index in [2.05, 4.69) is 25.9 Å². The summed E-state index contributed by atoms with van der Waals surface area (Å²) in [5.41, 5.74) is 2.12. The zero-order valence-corrected chi connectivity index (χ0v) is 14.3. The maximum atomic E-state index is 12.5. The number of pyridine rings is 1. The van der Waals surface area contributed by atoms with Crippen molar-refractivity contribution in [2.75, 3.05) is 37.4 Å². The smallest absolute Gasteiger partial charge is 0.279 e. The molecule has 0 atom stereocenters. The average molecular weight is 329 g/mol. The third-order valence-corrected chi connectivity index (χ3v) is 4.30. The average Bonchev–Trinajstić information content (AvgIpc) is 2.98. The Hall–Kier alpha value is -2.48. The Morgan fingerprint density at radius 1 is 1.33 bits per heavy atom. The number of hydrogen-bond acceptors (Lipinski definition) is 6. The first kappa shape index (κ1) is 16.4. The molecule has 0 saturated carbocycles. The van der Waals surface area contributed by atoms with Gasteiger partial charge in [-0.15, -0.1) is 5.10 Å². The zero-order valence-electron chi connectivity index (χ0n) is 14.3. The number of rotatable bonds is 4. The number of nitrogens with zero attached hydrogens (tertiary/aromatic N) is 5. The van der Waals surface area contributed by atoms with Crippen LogP contribution in [0, 0.1) is 6.92 Å². The Bertz CT molecular complexity index is 702. The number of amides is 1. The standard InChI is InChI=1S/C16H23N7O/c1-11-15(20-21-23(11)12-6-8-17-9-7-12)16(24)19-14-5-4-13(10-18-14)22(2)3/h4-5,10,12,17H,6-9H2,1-3H3,(H,18,19,24). The Morgan fingerprint density at radius 2 is 2.08 bits per heavy atom. The van der Waals surface area contributed by atoms with Crippen molar-refractivity contribution in [2.24, 2.45) is 0 Å². The number of carbonyl (C=O) groups is 1. The number of piperidine rings is 1. The maximum absolute atomic E-state index is 12.5. The van der Waals surface area contributed by atoms with Gasteiger partial charge in [0.25, 0.3) is 5.91 Å². The first-order valence-corrected chi connectivity index (χ1v) is 8.13. The van der Waals surface area contributed by atoms with E-state index in [0.29, 0.717) is 17.6 Å². The molecule has 0 spiro atoms. The van der Waals surface area contributed by atoms with Crippen molar-refractivity contribution >= 4 is 17.4 Å². The molecule has 0 bridgehead atoms. The lowest BCUT2D eigenvalue weighted by atomic mass is 10.1. The number of aromatic nitrogens is 4. The van der Waals surface area contributed by atoms with Crippen LogP contribution in [0.4, 0.5) is 11.5 Å². The highest BCUT2D eigenvalue weighted by Gasteiger charge is 2.23. The molecule has 0 radical (unpaired) electrons. The summed E-state index contributed by atoms with van der Waals surface area (Å²) < 4.78 is 1.87. The molecule has 24 heavy (non-hydrogen) atoms. The van der Waals surface area contributed by atoms with Gasteiger partial charge in [0.05, 0.1) is 23.6 Å². The molecule has 128 valence electrons. The molecule has 0 aliphatic carbocycles. The van der Waals surface area contributed by atoms with Crippen LogP contribution in [0.25, 0.3) is 0 Å². The fourth-order valence-corrected chi connectivity index (χ4v) is 2.85. The van der Waals surface area contributed by atoms with Gasteiger partial charge in [0.1, 0.15) is 5.82 Å². The predicted molar refractivity (Wildman–Crippen MR) is 92.4 cm³/mol. The van der Waals surface area contributed by atoms with E-state index < -0.39 is 0 Å². The van der Waals surface area contributed by atoms with Crippen LogP contribution in [0.5, 0.6) is 0 Å². The fraction of sp³-hybridized carbons (Fsp3) is 0.500. The van der Waals surface area contributed by atoms with Crippen molar-refractivity contribution < 1.29 is 4.79 Å². The van der Waals surface area contributed by atoms with Crippen molar-refractivity contribution in [3.63, 3.8) is 0 Å². The highest BCUT2D eigenvalue weighted by molar-refractivity contribution is 6.03. The number of nitrogens with one attached hydrogen (secondary N) is 2. The topological polar surface area (TPSA) is 88.0 Å². The Kier molecular flexibility index (Phi) is 4.75. The molecular weight excluding hydrogens is 306 g/mol. The third kappa shape index (κ3) is 3.38. The lowest BCUT2D eigenvalue weighted by Crippen LogP contribution is -2.30. The largest absolute Gasteiger partial charge is 0.376 e. The van der Waals surface area contributed by atoms with Gasteiger partial charge in [0.2, 0.25) is 0 Å². The summed E-state index contributed by atoms with van der Waals surface area (Å²) in [6, 6.07) is 3.99. The van der Waals surface area contributed by atoms with Crippen LogP contribution in [0.3, 0.4) is 0 Å². The molecule has 2 aromatic rings. The van der Waals surface area contributed by atoms with Crippen molar-refractivity contribution in [3.05, 3.63) is 29.7 Å². The van der Waals surface area contributed by atoms with Crippen molar-refractivity contribution in [3.8, 4) is 0 Å². The molecule has 3 heterocycles.